The van der Waals surface area contributed by atoms with E-state index >= 15 is 0 Å². The van der Waals surface area contributed by atoms with Gasteiger partial charge in [-0.15, -0.1) is 0 Å². The van der Waals surface area contributed by atoms with Gasteiger partial charge in [0.05, 0.1) is 4.47 Å². The predicted molar refractivity (Wildman–Crippen MR) is 76.5 cm³/mol. The first-order valence-corrected chi connectivity index (χ1v) is 8.86. The van der Waals surface area contributed by atoms with Crippen LogP contribution in [0.2, 0.25) is 10.2 Å². The topological polar surface area (TPSA) is 34.1 Å². The largest absolute Gasteiger partial charge is 0.434 e. The molecule has 90 valence electrons. The first-order valence-electron chi connectivity index (χ1n) is 4.41. The van der Waals surface area contributed by atoms with Crippen LogP contribution < -0.4 is 9.61 Å². The highest BCUT2D eigenvalue weighted by Gasteiger charge is 2.18. The summed E-state index contributed by atoms with van der Waals surface area (Å²) in [6.45, 7) is 1.95. The van der Waals surface area contributed by atoms with Crippen molar-refractivity contribution in [1.82, 2.24) is 10.1 Å². The maximum atomic E-state index is 5.99. The second kappa shape index (κ2) is 5.98. The van der Waals surface area contributed by atoms with Gasteiger partial charge >= 0.3 is 0 Å². The molecule has 0 aliphatic heterocycles. The lowest BCUT2D eigenvalue weighted by Gasteiger charge is -2.20. The number of nitrogens with one attached hydrogen (secondary N) is 1. The molecule has 0 aliphatic carbocycles. The second-order valence-electron chi connectivity index (χ2n) is 2.85. The van der Waals surface area contributed by atoms with Gasteiger partial charge in [-0.2, -0.15) is 4.98 Å². The SMILES string of the molecule is CCP(=S)(NC)Oc1nc(Cl)c(Br)cc1Cl. The van der Waals surface area contributed by atoms with Crippen LogP contribution in [0.5, 0.6) is 5.88 Å². The van der Waals surface area contributed by atoms with Crippen molar-refractivity contribution in [3.63, 3.8) is 0 Å². The number of nitrogens with zero attached hydrogens (tertiary/aromatic N) is 1. The van der Waals surface area contributed by atoms with Crippen LogP contribution in [0.4, 0.5) is 0 Å². The van der Waals surface area contributed by atoms with Crippen molar-refractivity contribution in [2.75, 3.05) is 13.2 Å². The molecule has 1 aromatic heterocycles. The highest BCUT2D eigenvalue weighted by Crippen LogP contribution is 2.44. The number of halogens is 3. The van der Waals surface area contributed by atoms with Crippen molar-refractivity contribution in [1.29, 1.82) is 0 Å². The fraction of sp³-hybridized carbons (Fsp3) is 0.375. The number of rotatable bonds is 4. The molecule has 16 heavy (non-hydrogen) atoms. The first-order chi connectivity index (χ1) is 7.41. The van der Waals surface area contributed by atoms with Crippen molar-refractivity contribution < 1.29 is 4.52 Å². The number of hydrogen-bond acceptors (Lipinski definition) is 3. The molecular weight excluding hydrogens is 354 g/mol. The Morgan fingerprint density at radius 3 is 2.75 bits per heavy atom. The van der Waals surface area contributed by atoms with E-state index in [9.17, 15) is 0 Å². The van der Waals surface area contributed by atoms with Gasteiger partial charge in [-0.1, -0.05) is 30.1 Å². The van der Waals surface area contributed by atoms with Crippen LogP contribution in [0.25, 0.3) is 0 Å². The minimum Gasteiger partial charge on any atom is -0.434 e. The van der Waals surface area contributed by atoms with Crippen molar-refractivity contribution in [2.45, 2.75) is 6.92 Å². The van der Waals surface area contributed by atoms with E-state index < -0.39 is 6.42 Å². The summed E-state index contributed by atoms with van der Waals surface area (Å²) < 4.78 is 6.26. The predicted octanol–water partition coefficient (Wildman–Crippen LogP) is 4.08. The van der Waals surface area contributed by atoms with E-state index in [0.29, 0.717) is 20.8 Å². The van der Waals surface area contributed by atoms with Gasteiger partial charge in [0.1, 0.15) is 10.2 Å². The molecule has 0 spiro atoms. The lowest BCUT2D eigenvalue weighted by Crippen LogP contribution is -2.11. The van der Waals surface area contributed by atoms with Crippen LogP contribution >= 0.6 is 45.5 Å². The second-order valence-corrected chi connectivity index (χ2v) is 8.85. The van der Waals surface area contributed by atoms with Gasteiger partial charge in [-0.25, -0.2) is 0 Å². The minimum atomic E-state index is -2.10. The molecule has 0 aliphatic rings. The quantitative estimate of drug-likeness (QED) is 0.645. The van der Waals surface area contributed by atoms with Crippen LogP contribution in [0, 0.1) is 0 Å². The summed E-state index contributed by atoms with van der Waals surface area (Å²) in [5.74, 6) is 0.273. The molecule has 0 saturated carbocycles. The van der Waals surface area contributed by atoms with Crippen LogP contribution in [0.3, 0.4) is 0 Å². The van der Waals surface area contributed by atoms with E-state index in [1.165, 1.54) is 0 Å². The summed E-state index contributed by atoms with van der Waals surface area (Å²) in [7, 11) is 1.76. The third-order valence-electron chi connectivity index (χ3n) is 1.85. The Labute approximate surface area is 118 Å². The number of pyridine rings is 1. The molecule has 0 bridgehead atoms. The Bertz CT molecular complexity index is 438. The van der Waals surface area contributed by atoms with Gasteiger partial charge in [0.2, 0.25) is 5.88 Å². The molecule has 8 heteroatoms. The Morgan fingerprint density at radius 2 is 2.25 bits per heavy atom. The summed E-state index contributed by atoms with van der Waals surface area (Å²) in [5.41, 5.74) is 0. The molecule has 0 amide bonds. The maximum Gasteiger partial charge on any atom is 0.238 e. The fourth-order valence-electron chi connectivity index (χ4n) is 0.901. The normalized spacial score (nSPS) is 14.6. The Balaban J connectivity index is 3.06. The van der Waals surface area contributed by atoms with Gasteiger partial charge in [0.25, 0.3) is 0 Å². The lowest BCUT2D eigenvalue weighted by atomic mass is 10.5. The minimum absolute atomic E-state index is 0.273. The van der Waals surface area contributed by atoms with Crippen LogP contribution in [0.1, 0.15) is 6.92 Å². The number of hydrogen-bond donors (Lipinski definition) is 1. The molecule has 0 radical (unpaired) electrons. The van der Waals surface area contributed by atoms with E-state index in [1.54, 1.807) is 13.1 Å². The van der Waals surface area contributed by atoms with Gasteiger partial charge < -0.3 is 4.52 Å². The molecule has 1 rings (SSSR count). The van der Waals surface area contributed by atoms with Crippen LogP contribution in [-0.4, -0.2) is 18.2 Å². The highest BCUT2D eigenvalue weighted by atomic mass is 79.9. The van der Waals surface area contributed by atoms with Crippen molar-refractivity contribution in [2.24, 2.45) is 0 Å². The van der Waals surface area contributed by atoms with E-state index in [2.05, 4.69) is 26.0 Å². The third-order valence-corrected chi connectivity index (χ3v) is 6.76. The average Bonchev–Trinajstić information content (AvgIpc) is 2.25. The van der Waals surface area contributed by atoms with Gasteiger partial charge in [-0.05, 0) is 40.9 Å². The van der Waals surface area contributed by atoms with Crippen LogP contribution in [0.15, 0.2) is 10.5 Å². The van der Waals surface area contributed by atoms with E-state index in [1.807, 2.05) is 6.92 Å². The van der Waals surface area contributed by atoms with E-state index in [0.717, 1.165) is 0 Å². The molecule has 1 atom stereocenters. The van der Waals surface area contributed by atoms with Crippen LogP contribution in [-0.2, 0) is 11.8 Å². The molecule has 3 nitrogen and oxygen atoms in total. The zero-order valence-electron chi connectivity index (χ0n) is 8.63. The van der Waals surface area contributed by atoms with E-state index in [-0.39, 0.29) is 5.88 Å². The van der Waals surface area contributed by atoms with E-state index in [4.69, 9.17) is 39.5 Å². The maximum absolute atomic E-state index is 5.99. The Morgan fingerprint density at radius 1 is 1.62 bits per heavy atom. The Hall–Kier alpha value is 0.620. The number of aromatic nitrogens is 1. The third kappa shape index (κ3) is 3.56. The summed E-state index contributed by atoms with van der Waals surface area (Å²) in [5, 5.41) is 3.67. The monoisotopic (exact) mass is 362 g/mol. The first kappa shape index (κ1) is 14.7. The Kier molecular flexibility index (Phi) is 5.49. The molecule has 0 aromatic carbocycles. The molecular formula is C8H10BrCl2N2OPS. The summed E-state index contributed by atoms with van der Waals surface area (Å²) in [4.78, 5) is 4.04. The molecule has 0 fully saturated rings. The molecule has 1 aromatic rings. The van der Waals surface area contributed by atoms with Gasteiger partial charge in [-0.3, -0.25) is 5.09 Å². The summed E-state index contributed by atoms with van der Waals surface area (Å²) >= 11 is 20.4. The standard InChI is InChI=1S/C8H10BrCl2N2OPS/c1-3-15(16,12-2)14-8-6(10)4-5(9)7(11)13-8/h4H,3H2,1-2H3,(H,12,16). The molecule has 0 saturated heterocycles. The molecule has 1 unspecified atom stereocenters. The van der Waals surface area contributed by atoms with Crippen molar-refractivity contribution in [3.8, 4) is 5.88 Å². The highest BCUT2D eigenvalue weighted by molar-refractivity contribution is 9.10. The van der Waals surface area contributed by atoms with Gasteiger partial charge in [0.15, 0.2) is 6.42 Å². The van der Waals surface area contributed by atoms with Crippen molar-refractivity contribution in [3.05, 3.63) is 20.7 Å². The van der Waals surface area contributed by atoms with Gasteiger partial charge in [0, 0.05) is 6.16 Å². The fourth-order valence-corrected chi connectivity index (χ4v) is 2.89. The van der Waals surface area contributed by atoms with Crippen molar-refractivity contribution >= 4 is 57.4 Å². The summed E-state index contributed by atoms with van der Waals surface area (Å²) in [6.07, 6.45) is -1.40. The molecule has 1 heterocycles. The summed E-state index contributed by atoms with van der Waals surface area (Å²) in [6, 6.07) is 1.64. The lowest BCUT2D eigenvalue weighted by molar-refractivity contribution is 0.576. The molecule has 1 N–H and O–H groups in total. The average molecular weight is 364 g/mol. The smallest absolute Gasteiger partial charge is 0.238 e. The zero-order chi connectivity index (χ0) is 12.3. The zero-order valence-corrected chi connectivity index (χ0v) is 13.4.